The summed E-state index contributed by atoms with van der Waals surface area (Å²) in [6.45, 7) is 4.25. The number of hydrogen-bond acceptors (Lipinski definition) is 3. The number of pyridine rings is 1. The lowest BCUT2D eigenvalue weighted by atomic mass is 10.1. The molecule has 1 aromatic heterocycles. The lowest BCUT2D eigenvalue weighted by Crippen LogP contribution is -2.24. The van der Waals surface area contributed by atoms with Crippen molar-refractivity contribution in [3.05, 3.63) is 58.9 Å². The summed E-state index contributed by atoms with van der Waals surface area (Å²) in [4.78, 5) is 16.4. The standard InChI is InChI=1S/C15H17N3O/c1-10-6-7-14(16)13(8-10)15(19)17-9-12-5-3-4-11(2)18-12/h3-8H,9,16H2,1-2H3,(H,17,19). The molecule has 19 heavy (non-hydrogen) atoms. The van der Waals surface area contributed by atoms with Crippen LogP contribution in [0.5, 0.6) is 0 Å². The smallest absolute Gasteiger partial charge is 0.253 e. The summed E-state index contributed by atoms with van der Waals surface area (Å²) in [5, 5.41) is 2.83. The SMILES string of the molecule is Cc1ccc(N)c(C(=O)NCc2cccc(C)n2)c1. The Kier molecular flexibility index (Phi) is 3.80. The van der Waals surface area contributed by atoms with Gasteiger partial charge in [0.1, 0.15) is 0 Å². The highest BCUT2D eigenvalue weighted by Crippen LogP contribution is 2.13. The molecule has 0 saturated carbocycles. The molecule has 2 aromatic rings. The van der Waals surface area contributed by atoms with Crippen LogP contribution in [0.15, 0.2) is 36.4 Å². The molecule has 0 aliphatic heterocycles. The van der Waals surface area contributed by atoms with Gasteiger partial charge in [-0.1, -0.05) is 17.7 Å². The van der Waals surface area contributed by atoms with Gasteiger partial charge in [0.05, 0.1) is 17.8 Å². The number of anilines is 1. The molecule has 0 fully saturated rings. The molecule has 4 nitrogen and oxygen atoms in total. The third-order valence-electron chi connectivity index (χ3n) is 2.83. The van der Waals surface area contributed by atoms with E-state index in [1.165, 1.54) is 0 Å². The second-order valence-corrected chi connectivity index (χ2v) is 4.54. The van der Waals surface area contributed by atoms with Crippen molar-refractivity contribution >= 4 is 11.6 Å². The largest absolute Gasteiger partial charge is 0.398 e. The third kappa shape index (κ3) is 3.31. The number of amides is 1. The highest BCUT2D eigenvalue weighted by Gasteiger charge is 2.09. The first-order valence-electron chi connectivity index (χ1n) is 6.13. The number of carbonyl (C=O) groups excluding carboxylic acids is 1. The van der Waals surface area contributed by atoms with E-state index in [-0.39, 0.29) is 5.91 Å². The molecule has 0 aliphatic carbocycles. The first kappa shape index (κ1) is 13.1. The van der Waals surface area contributed by atoms with Crippen LogP contribution < -0.4 is 11.1 Å². The predicted molar refractivity (Wildman–Crippen MR) is 75.7 cm³/mol. The molecule has 3 N–H and O–H groups in total. The monoisotopic (exact) mass is 255 g/mol. The Bertz CT molecular complexity index is 608. The van der Waals surface area contributed by atoms with Crippen LogP contribution in [0.1, 0.15) is 27.3 Å². The lowest BCUT2D eigenvalue weighted by Gasteiger charge is -2.08. The van der Waals surface area contributed by atoms with Crippen molar-refractivity contribution < 1.29 is 4.79 Å². The van der Waals surface area contributed by atoms with Crippen LogP contribution in [0, 0.1) is 13.8 Å². The molecule has 2 rings (SSSR count). The van der Waals surface area contributed by atoms with Crippen LogP contribution in [0.25, 0.3) is 0 Å². The van der Waals surface area contributed by atoms with E-state index >= 15 is 0 Å². The van der Waals surface area contributed by atoms with Gasteiger partial charge >= 0.3 is 0 Å². The summed E-state index contributed by atoms with van der Waals surface area (Å²) < 4.78 is 0. The molecule has 1 heterocycles. The molecule has 0 bridgehead atoms. The van der Waals surface area contributed by atoms with E-state index in [0.29, 0.717) is 17.8 Å². The molecule has 1 aromatic carbocycles. The highest BCUT2D eigenvalue weighted by molar-refractivity contribution is 5.99. The number of nitrogens with zero attached hydrogens (tertiary/aromatic N) is 1. The predicted octanol–water partition coefficient (Wildman–Crippen LogP) is 2.21. The Labute approximate surface area is 112 Å². The first-order chi connectivity index (χ1) is 9.06. The fraction of sp³-hybridized carbons (Fsp3) is 0.200. The van der Waals surface area contributed by atoms with Crippen molar-refractivity contribution in [3.8, 4) is 0 Å². The third-order valence-corrected chi connectivity index (χ3v) is 2.83. The topological polar surface area (TPSA) is 68.0 Å². The lowest BCUT2D eigenvalue weighted by molar-refractivity contribution is 0.0951. The van der Waals surface area contributed by atoms with E-state index in [1.807, 2.05) is 38.1 Å². The van der Waals surface area contributed by atoms with E-state index in [1.54, 1.807) is 12.1 Å². The van der Waals surface area contributed by atoms with Crippen molar-refractivity contribution in [2.75, 3.05) is 5.73 Å². The maximum atomic E-state index is 12.1. The molecule has 0 unspecified atom stereocenters. The minimum Gasteiger partial charge on any atom is -0.398 e. The Morgan fingerprint density at radius 1 is 1.26 bits per heavy atom. The summed E-state index contributed by atoms with van der Waals surface area (Å²) >= 11 is 0. The number of nitrogens with one attached hydrogen (secondary N) is 1. The van der Waals surface area contributed by atoms with E-state index < -0.39 is 0 Å². The Morgan fingerprint density at radius 3 is 2.79 bits per heavy atom. The summed E-state index contributed by atoms with van der Waals surface area (Å²) in [6, 6.07) is 11.1. The number of nitrogen functional groups attached to an aromatic ring is 1. The van der Waals surface area contributed by atoms with Gasteiger partial charge in [0.25, 0.3) is 5.91 Å². The van der Waals surface area contributed by atoms with Gasteiger partial charge in [0.15, 0.2) is 0 Å². The molecular weight excluding hydrogens is 238 g/mol. The molecule has 0 radical (unpaired) electrons. The van der Waals surface area contributed by atoms with Gasteiger partial charge in [-0.15, -0.1) is 0 Å². The second-order valence-electron chi connectivity index (χ2n) is 4.54. The summed E-state index contributed by atoms with van der Waals surface area (Å²) in [7, 11) is 0. The van der Waals surface area contributed by atoms with E-state index in [9.17, 15) is 4.79 Å². The number of rotatable bonds is 3. The van der Waals surface area contributed by atoms with Crippen molar-refractivity contribution in [2.45, 2.75) is 20.4 Å². The Morgan fingerprint density at radius 2 is 2.05 bits per heavy atom. The van der Waals surface area contributed by atoms with Crippen molar-refractivity contribution in [1.29, 1.82) is 0 Å². The average molecular weight is 255 g/mol. The zero-order valence-corrected chi connectivity index (χ0v) is 11.1. The molecule has 98 valence electrons. The molecule has 0 aliphatic rings. The normalized spacial score (nSPS) is 10.2. The minimum absolute atomic E-state index is 0.176. The highest BCUT2D eigenvalue weighted by atomic mass is 16.1. The summed E-state index contributed by atoms with van der Waals surface area (Å²) in [5.41, 5.74) is 9.57. The molecule has 4 heteroatoms. The number of aromatic nitrogens is 1. The van der Waals surface area contributed by atoms with Crippen molar-refractivity contribution in [3.63, 3.8) is 0 Å². The van der Waals surface area contributed by atoms with Crippen LogP contribution in [-0.4, -0.2) is 10.9 Å². The van der Waals surface area contributed by atoms with Crippen LogP contribution in [0.2, 0.25) is 0 Å². The van der Waals surface area contributed by atoms with Gasteiger partial charge in [-0.2, -0.15) is 0 Å². The number of benzene rings is 1. The number of nitrogens with two attached hydrogens (primary N) is 1. The van der Waals surface area contributed by atoms with Gasteiger partial charge in [-0.25, -0.2) is 0 Å². The van der Waals surface area contributed by atoms with Crippen LogP contribution in [0.4, 0.5) is 5.69 Å². The fourth-order valence-corrected chi connectivity index (χ4v) is 1.83. The quantitative estimate of drug-likeness (QED) is 0.826. The number of aryl methyl sites for hydroxylation is 2. The molecule has 0 saturated heterocycles. The van der Waals surface area contributed by atoms with Crippen LogP contribution >= 0.6 is 0 Å². The fourth-order valence-electron chi connectivity index (χ4n) is 1.83. The molecule has 0 atom stereocenters. The van der Waals surface area contributed by atoms with E-state index in [0.717, 1.165) is 17.0 Å². The van der Waals surface area contributed by atoms with Crippen LogP contribution in [-0.2, 0) is 6.54 Å². The van der Waals surface area contributed by atoms with E-state index in [2.05, 4.69) is 10.3 Å². The summed E-state index contributed by atoms with van der Waals surface area (Å²) in [6.07, 6.45) is 0. The maximum absolute atomic E-state index is 12.1. The Balaban J connectivity index is 2.07. The van der Waals surface area contributed by atoms with Gasteiger partial charge in [0.2, 0.25) is 0 Å². The second kappa shape index (κ2) is 5.52. The van der Waals surface area contributed by atoms with Crippen molar-refractivity contribution in [1.82, 2.24) is 10.3 Å². The maximum Gasteiger partial charge on any atom is 0.253 e. The van der Waals surface area contributed by atoms with Gasteiger partial charge in [-0.05, 0) is 38.1 Å². The number of carbonyl (C=O) groups is 1. The number of hydrogen-bond donors (Lipinski definition) is 2. The zero-order chi connectivity index (χ0) is 13.8. The minimum atomic E-state index is -0.176. The molecule has 0 spiro atoms. The van der Waals surface area contributed by atoms with Crippen LogP contribution in [0.3, 0.4) is 0 Å². The van der Waals surface area contributed by atoms with Crippen molar-refractivity contribution in [2.24, 2.45) is 0 Å². The van der Waals surface area contributed by atoms with Gasteiger partial charge in [0, 0.05) is 11.4 Å². The summed E-state index contributed by atoms with van der Waals surface area (Å²) in [5.74, 6) is -0.176. The average Bonchev–Trinajstić information content (AvgIpc) is 2.39. The zero-order valence-electron chi connectivity index (χ0n) is 11.1. The first-order valence-corrected chi connectivity index (χ1v) is 6.13. The van der Waals surface area contributed by atoms with Gasteiger partial charge < -0.3 is 11.1 Å². The molecular formula is C15H17N3O. The van der Waals surface area contributed by atoms with Gasteiger partial charge in [-0.3, -0.25) is 9.78 Å². The van der Waals surface area contributed by atoms with E-state index in [4.69, 9.17) is 5.73 Å². The Hall–Kier alpha value is -2.36. The molecule has 1 amide bonds.